The van der Waals surface area contributed by atoms with Crippen LogP contribution in [0.1, 0.15) is 25.5 Å². The minimum Gasteiger partial charge on any atom is -1.00 e. The third-order valence-corrected chi connectivity index (χ3v) is 2.10. The van der Waals surface area contributed by atoms with Gasteiger partial charge in [0, 0.05) is 12.6 Å². The van der Waals surface area contributed by atoms with Crippen LogP contribution in [-0.4, -0.2) is 27.9 Å². The number of phenols is 2. The van der Waals surface area contributed by atoms with Gasteiger partial charge >= 0.3 is 0 Å². The molecule has 0 aromatic heterocycles. The Balaban J connectivity index is 0.00000225. The molecule has 1 aromatic carbocycles. The van der Waals surface area contributed by atoms with Crippen LogP contribution in [0.25, 0.3) is 0 Å². The molecule has 0 unspecified atom stereocenters. The zero-order valence-electron chi connectivity index (χ0n) is 9.31. The zero-order valence-corrected chi connectivity index (χ0v) is 10.1. The van der Waals surface area contributed by atoms with Gasteiger partial charge < -0.3 is 33.0 Å². The number of halogens is 1. The fraction of sp³-hybridized carbons (Fsp3) is 0.455. The molecule has 5 heteroatoms. The van der Waals surface area contributed by atoms with Gasteiger partial charge in [-0.25, -0.2) is 0 Å². The first-order chi connectivity index (χ1) is 7.00. The van der Waals surface area contributed by atoms with Crippen molar-refractivity contribution in [2.75, 3.05) is 6.54 Å². The Kier molecular flexibility index (Phi) is 6.18. The van der Waals surface area contributed by atoms with Crippen molar-refractivity contribution in [1.29, 1.82) is 0 Å². The molecule has 0 aliphatic heterocycles. The highest BCUT2D eigenvalue weighted by atomic mass is 35.5. The van der Waals surface area contributed by atoms with Crippen molar-refractivity contribution in [3.05, 3.63) is 23.8 Å². The molecule has 0 bridgehead atoms. The van der Waals surface area contributed by atoms with Crippen LogP contribution >= 0.6 is 0 Å². The first kappa shape index (κ1) is 15.0. The van der Waals surface area contributed by atoms with Gasteiger partial charge in [-0.3, -0.25) is 0 Å². The molecule has 4 nitrogen and oxygen atoms in total. The van der Waals surface area contributed by atoms with E-state index in [-0.39, 0.29) is 23.9 Å². The van der Waals surface area contributed by atoms with Gasteiger partial charge in [0.1, 0.15) is 0 Å². The third-order valence-electron chi connectivity index (χ3n) is 2.10. The number of nitrogens with one attached hydrogen (secondary N) is 1. The molecule has 1 atom stereocenters. The van der Waals surface area contributed by atoms with Gasteiger partial charge in [-0.15, -0.1) is 0 Å². The lowest BCUT2D eigenvalue weighted by Crippen LogP contribution is -3.00. The molecule has 0 heterocycles. The molecule has 0 amide bonds. The average molecular weight is 247 g/mol. The molecule has 0 radical (unpaired) electrons. The Hall–Kier alpha value is -0.970. The molecule has 0 aliphatic rings. The highest BCUT2D eigenvalue weighted by Crippen LogP contribution is 2.27. The summed E-state index contributed by atoms with van der Waals surface area (Å²) < 4.78 is 0. The second-order valence-corrected chi connectivity index (χ2v) is 3.83. The van der Waals surface area contributed by atoms with Crippen LogP contribution in [0.5, 0.6) is 11.5 Å². The van der Waals surface area contributed by atoms with Crippen LogP contribution in [-0.2, 0) is 0 Å². The minimum atomic E-state index is -0.682. The maximum atomic E-state index is 9.73. The molecule has 0 spiro atoms. The number of rotatable bonds is 4. The van der Waals surface area contributed by atoms with Crippen LogP contribution < -0.4 is 17.7 Å². The molecular weight excluding hydrogens is 230 g/mol. The number of hydrogen-bond donors (Lipinski definition) is 4. The van der Waals surface area contributed by atoms with Crippen molar-refractivity contribution in [2.45, 2.75) is 26.0 Å². The normalized spacial score (nSPS) is 12.2. The van der Waals surface area contributed by atoms with Crippen molar-refractivity contribution in [3.8, 4) is 11.5 Å². The summed E-state index contributed by atoms with van der Waals surface area (Å²) in [6.45, 7) is 4.39. The summed E-state index contributed by atoms with van der Waals surface area (Å²) in [6.07, 6.45) is -0.682. The maximum Gasteiger partial charge on any atom is 0.157 e. The number of benzene rings is 1. The monoisotopic (exact) mass is 246 g/mol. The number of hydrogen-bond acceptors (Lipinski definition) is 4. The second-order valence-electron chi connectivity index (χ2n) is 3.83. The lowest BCUT2D eigenvalue weighted by Gasteiger charge is -2.14. The molecule has 1 aromatic rings. The second kappa shape index (κ2) is 6.58. The largest absolute Gasteiger partial charge is 1.00 e. The number of aromatic hydroxyl groups is 2. The van der Waals surface area contributed by atoms with Crippen LogP contribution in [0.4, 0.5) is 0 Å². The SMILES string of the molecule is CC(C)NC[C@H](O)c1ccc(O)c(O)c1.[Cl-]. The first-order valence-electron chi connectivity index (χ1n) is 4.94. The first-order valence-corrected chi connectivity index (χ1v) is 4.94. The summed E-state index contributed by atoms with van der Waals surface area (Å²) >= 11 is 0. The summed E-state index contributed by atoms with van der Waals surface area (Å²) in [7, 11) is 0. The van der Waals surface area contributed by atoms with Crippen molar-refractivity contribution >= 4 is 0 Å². The summed E-state index contributed by atoms with van der Waals surface area (Å²) in [4.78, 5) is 0. The van der Waals surface area contributed by atoms with E-state index >= 15 is 0 Å². The average Bonchev–Trinajstić information content (AvgIpc) is 2.18. The van der Waals surface area contributed by atoms with Gasteiger partial charge in [-0.05, 0) is 17.7 Å². The van der Waals surface area contributed by atoms with E-state index in [0.29, 0.717) is 18.2 Å². The number of phenolic OH excluding ortho intramolecular Hbond substituents is 2. The Morgan fingerprint density at radius 1 is 1.19 bits per heavy atom. The zero-order chi connectivity index (χ0) is 11.4. The minimum absolute atomic E-state index is 0. The number of aliphatic hydroxyl groups is 1. The van der Waals surface area contributed by atoms with E-state index in [9.17, 15) is 10.2 Å². The fourth-order valence-corrected chi connectivity index (χ4v) is 1.21. The van der Waals surface area contributed by atoms with Crippen LogP contribution in [0.3, 0.4) is 0 Å². The standard InChI is InChI=1S/C11H17NO3.ClH/c1-7(2)12-6-11(15)8-3-4-9(13)10(14)5-8;/h3-5,7,11-15H,6H2,1-2H3;1H/p-1/t11-;/m0./s1. The Morgan fingerprint density at radius 3 is 2.31 bits per heavy atom. The van der Waals surface area contributed by atoms with Crippen molar-refractivity contribution in [2.24, 2.45) is 0 Å². The van der Waals surface area contributed by atoms with Crippen LogP contribution in [0, 0.1) is 0 Å². The van der Waals surface area contributed by atoms with Crippen molar-refractivity contribution in [3.63, 3.8) is 0 Å². The topological polar surface area (TPSA) is 72.7 Å². The Morgan fingerprint density at radius 2 is 1.81 bits per heavy atom. The molecule has 1 rings (SSSR count). The quantitative estimate of drug-likeness (QED) is 0.470. The van der Waals surface area contributed by atoms with E-state index in [0.717, 1.165) is 0 Å². The van der Waals surface area contributed by atoms with E-state index in [1.54, 1.807) is 6.07 Å². The molecule has 0 saturated carbocycles. The maximum absolute atomic E-state index is 9.73. The molecular formula is C11H17ClNO3-. The number of aliphatic hydroxyl groups excluding tert-OH is 1. The van der Waals surface area contributed by atoms with Crippen molar-refractivity contribution in [1.82, 2.24) is 5.32 Å². The Bertz CT molecular complexity index is 331. The van der Waals surface area contributed by atoms with E-state index in [1.165, 1.54) is 12.1 Å². The summed E-state index contributed by atoms with van der Waals surface area (Å²) in [5, 5.41) is 31.2. The fourth-order valence-electron chi connectivity index (χ4n) is 1.21. The summed E-state index contributed by atoms with van der Waals surface area (Å²) in [5.41, 5.74) is 0.582. The molecule has 0 fully saturated rings. The van der Waals surface area contributed by atoms with Gasteiger partial charge in [0.05, 0.1) is 6.10 Å². The van der Waals surface area contributed by atoms with Gasteiger partial charge in [0.2, 0.25) is 0 Å². The van der Waals surface area contributed by atoms with Gasteiger partial charge in [0.15, 0.2) is 11.5 Å². The Labute approximate surface area is 101 Å². The van der Waals surface area contributed by atoms with Crippen LogP contribution in [0.2, 0.25) is 0 Å². The third kappa shape index (κ3) is 4.26. The van der Waals surface area contributed by atoms with E-state index in [1.807, 2.05) is 13.8 Å². The highest BCUT2D eigenvalue weighted by Gasteiger charge is 2.10. The van der Waals surface area contributed by atoms with Crippen molar-refractivity contribution < 1.29 is 27.7 Å². The molecule has 0 saturated heterocycles. The van der Waals surface area contributed by atoms with Gasteiger partial charge in [0.25, 0.3) is 0 Å². The molecule has 92 valence electrons. The smallest absolute Gasteiger partial charge is 0.157 e. The molecule has 4 N–H and O–H groups in total. The lowest BCUT2D eigenvalue weighted by molar-refractivity contribution is -0.00000662. The predicted octanol–water partition coefficient (Wildman–Crippen LogP) is -1.87. The van der Waals surface area contributed by atoms with E-state index < -0.39 is 6.10 Å². The van der Waals surface area contributed by atoms with E-state index in [2.05, 4.69) is 5.32 Å². The summed E-state index contributed by atoms with van der Waals surface area (Å²) in [6, 6.07) is 4.61. The summed E-state index contributed by atoms with van der Waals surface area (Å²) in [5.74, 6) is -0.390. The van der Waals surface area contributed by atoms with Gasteiger partial charge in [-0.1, -0.05) is 19.9 Å². The van der Waals surface area contributed by atoms with Crippen LogP contribution in [0.15, 0.2) is 18.2 Å². The molecule has 0 aliphatic carbocycles. The highest BCUT2D eigenvalue weighted by molar-refractivity contribution is 5.41. The lowest BCUT2D eigenvalue weighted by atomic mass is 10.1. The predicted molar refractivity (Wildman–Crippen MR) is 57.9 cm³/mol. The van der Waals surface area contributed by atoms with E-state index in [4.69, 9.17) is 5.11 Å². The van der Waals surface area contributed by atoms with Gasteiger partial charge in [-0.2, -0.15) is 0 Å². The molecule has 16 heavy (non-hydrogen) atoms.